The topological polar surface area (TPSA) is 55.6 Å². The number of Topliss-reactive ketones (excluding diaryl/α,β-unsaturated/α-hetero) is 1. The van der Waals surface area contributed by atoms with E-state index in [4.69, 9.17) is 22.1 Å². The molecule has 1 saturated carbocycles. The summed E-state index contributed by atoms with van der Waals surface area (Å²) >= 11 is 6.14. The first-order chi connectivity index (χ1) is 13.6. The van der Waals surface area contributed by atoms with Crippen LogP contribution in [0.4, 0.5) is 5.69 Å². The third-order valence-electron chi connectivity index (χ3n) is 6.43. The van der Waals surface area contributed by atoms with E-state index in [1.54, 1.807) is 12.1 Å². The number of carbonyl (C=O) groups excluding carboxylic acids is 1. The van der Waals surface area contributed by atoms with Gasteiger partial charge >= 0.3 is 0 Å². The monoisotopic (exact) mass is 406 g/mol. The van der Waals surface area contributed by atoms with Gasteiger partial charge in [-0.1, -0.05) is 30.9 Å². The second kappa shape index (κ2) is 10.5. The number of likely N-dealkylation sites (tertiary alicyclic amines) is 1. The molecule has 2 fully saturated rings. The molecule has 2 N–H and O–H groups in total. The van der Waals surface area contributed by atoms with Crippen LogP contribution in [0.5, 0.6) is 5.75 Å². The molecule has 156 valence electrons. The van der Waals surface area contributed by atoms with E-state index < -0.39 is 0 Å². The zero-order chi connectivity index (χ0) is 19.9. The molecule has 0 atom stereocenters. The van der Waals surface area contributed by atoms with Gasteiger partial charge in [0, 0.05) is 19.0 Å². The van der Waals surface area contributed by atoms with Crippen molar-refractivity contribution in [1.29, 1.82) is 0 Å². The van der Waals surface area contributed by atoms with E-state index in [1.807, 2.05) is 6.92 Å². The van der Waals surface area contributed by atoms with Crippen LogP contribution in [0.2, 0.25) is 5.02 Å². The van der Waals surface area contributed by atoms with Crippen molar-refractivity contribution in [1.82, 2.24) is 4.90 Å². The number of rotatable bonds is 8. The van der Waals surface area contributed by atoms with Crippen molar-refractivity contribution in [2.45, 2.75) is 64.7 Å². The van der Waals surface area contributed by atoms with Gasteiger partial charge in [-0.05, 0) is 70.0 Å². The maximum Gasteiger partial charge on any atom is 0.166 e. The number of anilines is 1. The normalized spacial score (nSPS) is 19.6. The second-order valence-corrected chi connectivity index (χ2v) is 8.92. The van der Waals surface area contributed by atoms with Gasteiger partial charge in [0.15, 0.2) is 5.78 Å². The quantitative estimate of drug-likeness (QED) is 0.452. The van der Waals surface area contributed by atoms with Gasteiger partial charge in [-0.3, -0.25) is 4.79 Å². The molecule has 0 amide bonds. The Morgan fingerprint density at radius 1 is 1.14 bits per heavy atom. The standard InChI is InChI=1S/C23H35ClN2O2/c1-2-28-23-15-21(25)20(24)14-19(23)22(27)9-8-17-10-12-26(13-11-17)16-18-6-4-3-5-7-18/h14-15,17-18H,2-13,16,25H2,1H3. The Hall–Kier alpha value is -1.26. The third-order valence-corrected chi connectivity index (χ3v) is 6.75. The average Bonchev–Trinajstić information content (AvgIpc) is 2.71. The fourth-order valence-corrected chi connectivity index (χ4v) is 4.89. The minimum atomic E-state index is 0.106. The number of nitrogen functional groups attached to an aromatic ring is 1. The van der Waals surface area contributed by atoms with Crippen LogP contribution in [0.15, 0.2) is 12.1 Å². The number of hydrogen-bond acceptors (Lipinski definition) is 4. The van der Waals surface area contributed by atoms with Crippen LogP contribution >= 0.6 is 11.6 Å². The molecule has 0 spiro atoms. The van der Waals surface area contributed by atoms with Gasteiger partial charge < -0.3 is 15.4 Å². The molecule has 28 heavy (non-hydrogen) atoms. The molecule has 0 radical (unpaired) electrons. The highest BCUT2D eigenvalue weighted by molar-refractivity contribution is 6.33. The largest absolute Gasteiger partial charge is 0.493 e. The predicted octanol–water partition coefficient (Wildman–Crippen LogP) is 5.58. The van der Waals surface area contributed by atoms with Crippen molar-refractivity contribution in [3.8, 4) is 5.75 Å². The van der Waals surface area contributed by atoms with Crippen molar-refractivity contribution in [3.05, 3.63) is 22.7 Å². The first kappa shape index (κ1) is 21.4. The zero-order valence-electron chi connectivity index (χ0n) is 17.2. The molecule has 1 aromatic rings. The average molecular weight is 407 g/mol. The zero-order valence-corrected chi connectivity index (χ0v) is 18.0. The van der Waals surface area contributed by atoms with E-state index in [9.17, 15) is 4.79 Å². The number of halogens is 1. The van der Waals surface area contributed by atoms with Gasteiger partial charge in [0.05, 0.1) is 22.9 Å². The van der Waals surface area contributed by atoms with E-state index >= 15 is 0 Å². The molecule has 2 aliphatic rings. The molecule has 1 aliphatic heterocycles. The van der Waals surface area contributed by atoms with Crippen molar-refractivity contribution in [2.75, 3.05) is 32.0 Å². The Labute approximate surface area is 174 Å². The third kappa shape index (κ3) is 5.87. The highest BCUT2D eigenvalue weighted by Crippen LogP contribution is 2.32. The van der Waals surface area contributed by atoms with Crippen LogP contribution in [0.25, 0.3) is 0 Å². The maximum atomic E-state index is 12.8. The lowest BCUT2D eigenvalue weighted by Gasteiger charge is -2.35. The Bertz CT molecular complexity index is 650. The molecular formula is C23H35ClN2O2. The smallest absolute Gasteiger partial charge is 0.166 e. The first-order valence-corrected chi connectivity index (χ1v) is 11.4. The van der Waals surface area contributed by atoms with Crippen LogP contribution in [0.1, 0.15) is 75.1 Å². The predicted molar refractivity (Wildman–Crippen MR) is 116 cm³/mol. The van der Waals surface area contributed by atoms with Crippen LogP contribution in [-0.2, 0) is 0 Å². The fourth-order valence-electron chi connectivity index (χ4n) is 4.72. The number of hydrogen-bond donors (Lipinski definition) is 1. The molecule has 0 unspecified atom stereocenters. The highest BCUT2D eigenvalue weighted by atomic mass is 35.5. The molecule has 3 rings (SSSR count). The Balaban J connectivity index is 1.46. The van der Waals surface area contributed by atoms with E-state index in [2.05, 4.69) is 4.90 Å². The number of piperidine rings is 1. The molecule has 0 bridgehead atoms. The Morgan fingerprint density at radius 3 is 2.54 bits per heavy atom. The van der Waals surface area contributed by atoms with Gasteiger partial charge in [0.25, 0.3) is 0 Å². The Kier molecular flexibility index (Phi) is 8.04. The van der Waals surface area contributed by atoms with E-state index in [1.165, 1.54) is 64.6 Å². The summed E-state index contributed by atoms with van der Waals surface area (Å²) in [7, 11) is 0. The molecule has 1 aliphatic carbocycles. The van der Waals surface area contributed by atoms with Crippen molar-refractivity contribution in [3.63, 3.8) is 0 Å². The van der Waals surface area contributed by atoms with Crippen LogP contribution in [-0.4, -0.2) is 36.9 Å². The molecule has 5 heteroatoms. The number of carbonyl (C=O) groups is 1. The van der Waals surface area contributed by atoms with Gasteiger partial charge in [0.2, 0.25) is 0 Å². The summed E-state index contributed by atoms with van der Waals surface area (Å²) in [5.41, 5.74) is 6.88. The summed E-state index contributed by atoms with van der Waals surface area (Å²) in [5.74, 6) is 2.22. The lowest BCUT2D eigenvalue weighted by atomic mass is 9.87. The summed E-state index contributed by atoms with van der Waals surface area (Å²) in [4.78, 5) is 15.4. The van der Waals surface area contributed by atoms with Gasteiger partial charge in [0.1, 0.15) is 5.75 Å². The van der Waals surface area contributed by atoms with Crippen molar-refractivity contribution < 1.29 is 9.53 Å². The summed E-state index contributed by atoms with van der Waals surface area (Å²) in [6, 6.07) is 3.33. The Morgan fingerprint density at radius 2 is 1.86 bits per heavy atom. The fraction of sp³-hybridized carbons (Fsp3) is 0.696. The lowest BCUT2D eigenvalue weighted by Crippen LogP contribution is -2.37. The van der Waals surface area contributed by atoms with Crippen LogP contribution in [0.3, 0.4) is 0 Å². The minimum absolute atomic E-state index is 0.106. The van der Waals surface area contributed by atoms with E-state index in [-0.39, 0.29) is 5.78 Å². The molecular weight excluding hydrogens is 372 g/mol. The SMILES string of the molecule is CCOc1cc(N)c(Cl)cc1C(=O)CCC1CCN(CC2CCCCC2)CC1. The summed E-state index contributed by atoms with van der Waals surface area (Å²) in [6.45, 7) is 6.06. The summed E-state index contributed by atoms with van der Waals surface area (Å²) in [5, 5.41) is 0.419. The minimum Gasteiger partial charge on any atom is -0.493 e. The van der Waals surface area contributed by atoms with E-state index in [0.717, 1.165) is 12.3 Å². The van der Waals surface area contributed by atoms with Crippen molar-refractivity contribution >= 4 is 23.1 Å². The van der Waals surface area contributed by atoms with Crippen LogP contribution < -0.4 is 10.5 Å². The van der Waals surface area contributed by atoms with E-state index in [0.29, 0.717) is 41.0 Å². The number of benzene rings is 1. The highest BCUT2D eigenvalue weighted by Gasteiger charge is 2.24. The lowest BCUT2D eigenvalue weighted by molar-refractivity contribution is 0.0953. The van der Waals surface area contributed by atoms with Crippen molar-refractivity contribution in [2.24, 2.45) is 11.8 Å². The first-order valence-electron chi connectivity index (χ1n) is 11.0. The van der Waals surface area contributed by atoms with Gasteiger partial charge in [-0.2, -0.15) is 0 Å². The molecule has 4 nitrogen and oxygen atoms in total. The summed E-state index contributed by atoms with van der Waals surface area (Å²) in [6.07, 6.45) is 11.0. The molecule has 0 aromatic heterocycles. The molecule has 1 saturated heterocycles. The number of nitrogens with zero attached hydrogens (tertiary/aromatic N) is 1. The van der Waals surface area contributed by atoms with Gasteiger partial charge in [-0.25, -0.2) is 0 Å². The maximum absolute atomic E-state index is 12.8. The number of ketones is 1. The number of nitrogens with two attached hydrogens (primary N) is 1. The number of ether oxygens (including phenoxy) is 1. The molecule has 1 aromatic carbocycles. The second-order valence-electron chi connectivity index (χ2n) is 8.51. The summed E-state index contributed by atoms with van der Waals surface area (Å²) < 4.78 is 5.61. The van der Waals surface area contributed by atoms with Gasteiger partial charge in [-0.15, -0.1) is 0 Å². The van der Waals surface area contributed by atoms with Crippen LogP contribution in [0, 0.1) is 11.8 Å². The molecule has 1 heterocycles.